The summed E-state index contributed by atoms with van der Waals surface area (Å²) in [4.78, 5) is 24.5. The highest BCUT2D eigenvalue weighted by atomic mass is 17.1. The summed E-state index contributed by atoms with van der Waals surface area (Å²) in [6.45, 7) is 0. The highest BCUT2D eigenvalue weighted by Crippen LogP contribution is 2.17. The molecule has 1 aliphatic carbocycles. The molecule has 0 aromatic carbocycles. The van der Waals surface area contributed by atoms with Gasteiger partial charge >= 0.3 is 5.97 Å². The molecule has 0 spiro atoms. The van der Waals surface area contributed by atoms with Crippen molar-refractivity contribution in [2.75, 3.05) is 0 Å². The number of hydrogen-bond acceptors (Lipinski definition) is 4. The van der Waals surface area contributed by atoms with Crippen LogP contribution in [0.5, 0.6) is 0 Å². The van der Waals surface area contributed by atoms with Crippen LogP contribution in [0.15, 0.2) is 29.4 Å². The number of allylic oxidation sites excluding steroid dienone is 3. The highest BCUT2D eigenvalue weighted by molar-refractivity contribution is 5.96. The van der Waals surface area contributed by atoms with Gasteiger partial charge in [0.15, 0.2) is 0 Å². The molecule has 0 unspecified atom stereocenters. The van der Waals surface area contributed by atoms with Crippen LogP contribution in [-0.2, 0) is 14.5 Å². The molecule has 0 amide bonds. The molecule has 0 heterocycles. The van der Waals surface area contributed by atoms with Crippen molar-refractivity contribution in [2.45, 2.75) is 6.42 Å². The largest absolute Gasteiger partial charge is 0.373 e. The van der Waals surface area contributed by atoms with E-state index in [0.717, 1.165) is 0 Å². The molecule has 1 rings (SSSR count). The van der Waals surface area contributed by atoms with E-state index >= 15 is 0 Å². The van der Waals surface area contributed by atoms with Gasteiger partial charge in [0.1, 0.15) is 5.94 Å². The summed E-state index contributed by atoms with van der Waals surface area (Å²) in [5, 5.41) is 8.04. The Morgan fingerprint density at radius 3 is 3.00 bits per heavy atom. The fourth-order valence-electron chi connectivity index (χ4n) is 0.898. The second-order valence-electron chi connectivity index (χ2n) is 2.17. The number of rotatable bonds is 1. The molecule has 0 bridgehead atoms. The van der Waals surface area contributed by atoms with E-state index in [4.69, 9.17) is 5.26 Å². The predicted octanol–water partition coefficient (Wildman–Crippen LogP) is 0.647. The van der Waals surface area contributed by atoms with E-state index in [1.807, 2.05) is 0 Å². The van der Waals surface area contributed by atoms with Crippen LogP contribution in [0.2, 0.25) is 0 Å². The van der Waals surface area contributed by atoms with E-state index in [-0.39, 0.29) is 11.1 Å². The smallest absolute Gasteiger partial charge is 0.295 e. The Balaban J connectivity index is 2.99. The molecule has 1 aliphatic rings. The van der Waals surface area contributed by atoms with E-state index in [1.54, 1.807) is 18.1 Å². The normalized spacial score (nSPS) is 15.1. The maximum atomic E-state index is 10.8. The standard InChI is InChI=1S/C8H6O4/c9-5-6-3-1-2-4-7(6)8(10)12-11/h1-2,4,11H,3H2. The first kappa shape index (κ1) is 8.46. The predicted molar refractivity (Wildman–Crippen MR) is 39.8 cm³/mol. The van der Waals surface area contributed by atoms with Gasteiger partial charge in [-0.25, -0.2) is 9.59 Å². The van der Waals surface area contributed by atoms with E-state index in [0.29, 0.717) is 6.42 Å². The maximum absolute atomic E-state index is 10.8. The summed E-state index contributed by atoms with van der Waals surface area (Å²) in [6, 6.07) is 0. The monoisotopic (exact) mass is 166 g/mol. The molecular formula is C8H6O4. The highest BCUT2D eigenvalue weighted by Gasteiger charge is 2.17. The molecule has 12 heavy (non-hydrogen) atoms. The van der Waals surface area contributed by atoms with Gasteiger partial charge in [0.05, 0.1) is 11.1 Å². The molecule has 0 aromatic rings. The third kappa shape index (κ3) is 1.50. The quantitative estimate of drug-likeness (QED) is 0.353. The minimum Gasteiger partial charge on any atom is -0.295 e. The first-order valence-corrected chi connectivity index (χ1v) is 3.26. The topological polar surface area (TPSA) is 63.6 Å². The van der Waals surface area contributed by atoms with Gasteiger partial charge in [-0.1, -0.05) is 12.2 Å². The summed E-state index contributed by atoms with van der Waals surface area (Å²) < 4.78 is 0. The zero-order valence-corrected chi connectivity index (χ0v) is 6.11. The molecule has 0 saturated heterocycles. The molecular weight excluding hydrogens is 160 g/mol. The molecule has 4 heteroatoms. The first-order valence-electron chi connectivity index (χ1n) is 3.26. The lowest BCUT2D eigenvalue weighted by Crippen LogP contribution is -2.09. The van der Waals surface area contributed by atoms with Crippen molar-refractivity contribution in [2.24, 2.45) is 0 Å². The lowest BCUT2D eigenvalue weighted by Gasteiger charge is -2.05. The molecule has 4 nitrogen and oxygen atoms in total. The summed E-state index contributed by atoms with van der Waals surface area (Å²) in [5.41, 5.74) is 0.242. The van der Waals surface area contributed by atoms with Crippen molar-refractivity contribution >= 4 is 11.9 Å². The van der Waals surface area contributed by atoms with Gasteiger partial charge in [-0.2, -0.15) is 5.26 Å². The minimum absolute atomic E-state index is 0.0509. The van der Waals surface area contributed by atoms with Gasteiger partial charge in [-0.3, -0.25) is 4.89 Å². The van der Waals surface area contributed by atoms with Gasteiger partial charge in [0.2, 0.25) is 0 Å². The van der Waals surface area contributed by atoms with Crippen molar-refractivity contribution in [1.82, 2.24) is 0 Å². The van der Waals surface area contributed by atoms with Crippen molar-refractivity contribution in [3.63, 3.8) is 0 Å². The summed E-state index contributed by atoms with van der Waals surface area (Å²) in [5.74, 6) is 0.672. The van der Waals surface area contributed by atoms with Crippen LogP contribution in [0.3, 0.4) is 0 Å². The molecule has 0 radical (unpaired) electrons. The van der Waals surface area contributed by atoms with E-state index in [9.17, 15) is 9.59 Å². The Kier molecular flexibility index (Phi) is 2.58. The number of hydrogen-bond donors (Lipinski definition) is 1. The molecule has 0 atom stereocenters. The Morgan fingerprint density at radius 1 is 1.67 bits per heavy atom. The first-order chi connectivity index (χ1) is 5.79. The molecule has 0 fully saturated rings. The van der Waals surface area contributed by atoms with Crippen LogP contribution in [-0.4, -0.2) is 17.2 Å². The van der Waals surface area contributed by atoms with Crippen LogP contribution in [0.4, 0.5) is 0 Å². The Labute approximate surface area is 68.4 Å². The molecule has 0 aliphatic heterocycles. The summed E-state index contributed by atoms with van der Waals surface area (Å²) in [7, 11) is 0. The average Bonchev–Trinajstić information content (AvgIpc) is 2.16. The van der Waals surface area contributed by atoms with Crippen LogP contribution < -0.4 is 0 Å². The lowest BCUT2D eigenvalue weighted by molar-refractivity contribution is -0.229. The average molecular weight is 166 g/mol. The SMILES string of the molecule is O=C=C1CC=CC=C1C(=O)OO. The van der Waals surface area contributed by atoms with Crippen molar-refractivity contribution in [3.05, 3.63) is 29.4 Å². The van der Waals surface area contributed by atoms with Gasteiger partial charge in [-0.05, 0) is 6.08 Å². The minimum atomic E-state index is -0.933. The summed E-state index contributed by atoms with van der Waals surface area (Å²) >= 11 is 0. The van der Waals surface area contributed by atoms with Gasteiger partial charge in [-0.15, -0.1) is 0 Å². The van der Waals surface area contributed by atoms with Crippen molar-refractivity contribution in [3.8, 4) is 0 Å². The van der Waals surface area contributed by atoms with Crippen LogP contribution in [0, 0.1) is 0 Å². The lowest BCUT2D eigenvalue weighted by atomic mass is 10.0. The van der Waals surface area contributed by atoms with Gasteiger partial charge < -0.3 is 0 Å². The Morgan fingerprint density at radius 2 is 2.42 bits per heavy atom. The zero-order valence-electron chi connectivity index (χ0n) is 6.11. The third-order valence-corrected chi connectivity index (χ3v) is 1.47. The van der Waals surface area contributed by atoms with E-state index < -0.39 is 5.97 Å². The number of carbonyl (C=O) groups excluding carboxylic acids is 2. The van der Waals surface area contributed by atoms with Crippen molar-refractivity contribution < 1.29 is 19.7 Å². The fraction of sp³-hybridized carbons (Fsp3) is 0.125. The van der Waals surface area contributed by atoms with Gasteiger partial charge in [0, 0.05) is 6.42 Å². The Hall–Kier alpha value is -1.64. The van der Waals surface area contributed by atoms with Crippen LogP contribution in [0.1, 0.15) is 6.42 Å². The molecule has 0 saturated carbocycles. The Bertz CT molecular complexity index is 305. The van der Waals surface area contributed by atoms with E-state index in [1.165, 1.54) is 6.08 Å². The molecule has 1 N–H and O–H groups in total. The summed E-state index contributed by atoms with van der Waals surface area (Å²) in [6.07, 6.45) is 5.04. The van der Waals surface area contributed by atoms with E-state index in [2.05, 4.69) is 4.89 Å². The van der Waals surface area contributed by atoms with Crippen molar-refractivity contribution in [1.29, 1.82) is 0 Å². The third-order valence-electron chi connectivity index (χ3n) is 1.47. The molecule has 62 valence electrons. The van der Waals surface area contributed by atoms with Crippen LogP contribution >= 0.6 is 0 Å². The van der Waals surface area contributed by atoms with Crippen LogP contribution in [0.25, 0.3) is 0 Å². The second-order valence-corrected chi connectivity index (χ2v) is 2.17. The zero-order chi connectivity index (χ0) is 8.97. The fourth-order valence-corrected chi connectivity index (χ4v) is 0.898. The van der Waals surface area contributed by atoms with Gasteiger partial charge in [0.25, 0.3) is 0 Å². The maximum Gasteiger partial charge on any atom is 0.373 e. The second kappa shape index (κ2) is 3.67. The molecule has 0 aromatic heterocycles. The number of carbonyl (C=O) groups is 1.